The Morgan fingerprint density at radius 1 is 0.964 bits per heavy atom. The van der Waals surface area contributed by atoms with Crippen molar-refractivity contribution in [3.05, 3.63) is 89.4 Å². The van der Waals surface area contributed by atoms with Crippen molar-refractivity contribution in [2.75, 3.05) is 5.75 Å². The Labute approximate surface area is 174 Å². The van der Waals surface area contributed by atoms with E-state index in [0.717, 1.165) is 27.5 Å². The summed E-state index contributed by atoms with van der Waals surface area (Å²) in [7, 11) is 0. The van der Waals surface area contributed by atoms with Crippen molar-refractivity contribution >= 4 is 29.3 Å². The lowest BCUT2D eigenvalue weighted by molar-refractivity contribution is -0.147. The van der Waals surface area contributed by atoms with Gasteiger partial charge in [-0.05, 0) is 47.9 Å². The van der Waals surface area contributed by atoms with Crippen molar-refractivity contribution in [2.45, 2.75) is 24.3 Å². The van der Waals surface area contributed by atoms with Gasteiger partial charge in [0.1, 0.15) is 6.10 Å². The molecule has 0 spiro atoms. The Morgan fingerprint density at radius 2 is 1.57 bits per heavy atom. The number of carbonyl (C=O) groups excluding carboxylic acids is 1. The third-order valence-electron chi connectivity index (χ3n) is 5.14. The van der Waals surface area contributed by atoms with Crippen LogP contribution >= 0.6 is 23.4 Å². The standard InChI is InChI=1S/C24H21ClO2S/c1-24(16-28-21-5-3-2-4-6-21)15-22(27-23(24)26)19-9-7-17(8-10-19)18-11-13-20(25)14-12-18/h2-14,22H,15-16H2,1H3/t22-,24?/m1/s1. The number of rotatable bonds is 5. The first-order chi connectivity index (χ1) is 13.5. The molecule has 28 heavy (non-hydrogen) atoms. The van der Waals surface area contributed by atoms with Gasteiger partial charge in [-0.2, -0.15) is 0 Å². The zero-order valence-electron chi connectivity index (χ0n) is 15.6. The number of thioether (sulfide) groups is 1. The highest BCUT2D eigenvalue weighted by molar-refractivity contribution is 7.99. The highest BCUT2D eigenvalue weighted by Crippen LogP contribution is 2.44. The van der Waals surface area contributed by atoms with E-state index in [1.165, 1.54) is 4.90 Å². The van der Waals surface area contributed by atoms with Crippen molar-refractivity contribution in [3.8, 4) is 11.1 Å². The SMILES string of the molecule is CC1(CSc2ccccc2)C[C@H](c2ccc(-c3ccc(Cl)cc3)cc2)OC1=O. The van der Waals surface area contributed by atoms with Crippen LogP contribution in [0.5, 0.6) is 0 Å². The molecule has 142 valence electrons. The molecule has 0 saturated carbocycles. The molecule has 2 nitrogen and oxygen atoms in total. The van der Waals surface area contributed by atoms with Crippen LogP contribution < -0.4 is 0 Å². The number of carbonyl (C=O) groups is 1. The Kier molecular flexibility index (Phi) is 5.47. The summed E-state index contributed by atoms with van der Waals surface area (Å²) in [4.78, 5) is 13.7. The van der Waals surface area contributed by atoms with Crippen molar-refractivity contribution in [2.24, 2.45) is 5.41 Å². The van der Waals surface area contributed by atoms with Crippen molar-refractivity contribution in [1.82, 2.24) is 0 Å². The Bertz CT molecular complexity index is 954. The fraction of sp³-hybridized carbons (Fsp3) is 0.208. The maximum atomic E-state index is 12.6. The molecule has 0 aliphatic carbocycles. The minimum atomic E-state index is -0.472. The third-order valence-corrected chi connectivity index (χ3v) is 6.78. The quantitative estimate of drug-likeness (QED) is 0.343. The van der Waals surface area contributed by atoms with E-state index < -0.39 is 5.41 Å². The van der Waals surface area contributed by atoms with Gasteiger partial charge in [-0.1, -0.05) is 66.2 Å². The summed E-state index contributed by atoms with van der Waals surface area (Å²) in [6, 6.07) is 26.2. The highest BCUT2D eigenvalue weighted by atomic mass is 35.5. The van der Waals surface area contributed by atoms with Gasteiger partial charge in [-0.25, -0.2) is 0 Å². The number of benzene rings is 3. The summed E-state index contributed by atoms with van der Waals surface area (Å²) >= 11 is 7.67. The smallest absolute Gasteiger partial charge is 0.313 e. The molecular formula is C24H21ClO2S. The molecule has 0 N–H and O–H groups in total. The summed E-state index contributed by atoms with van der Waals surface area (Å²) in [6.45, 7) is 2.01. The summed E-state index contributed by atoms with van der Waals surface area (Å²) < 4.78 is 5.74. The molecule has 4 heteroatoms. The first kappa shape index (κ1) is 19.1. The van der Waals surface area contributed by atoms with Crippen LogP contribution in [-0.4, -0.2) is 11.7 Å². The van der Waals surface area contributed by atoms with E-state index in [2.05, 4.69) is 36.4 Å². The van der Waals surface area contributed by atoms with Gasteiger partial charge in [0.05, 0.1) is 5.41 Å². The number of cyclic esters (lactones) is 1. The van der Waals surface area contributed by atoms with E-state index in [1.54, 1.807) is 11.8 Å². The molecule has 1 saturated heterocycles. The van der Waals surface area contributed by atoms with Gasteiger partial charge in [0.2, 0.25) is 0 Å². The molecular weight excluding hydrogens is 388 g/mol. The number of esters is 1. The average molecular weight is 409 g/mol. The molecule has 0 bridgehead atoms. The zero-order chi connectivity index (χ0) is 19.6. The molecule has 2 atom stereocenters. The van der Waals surface area contributed by atoms with Crippen LogP contribution in [0.15, 0.2) is 83.8 Å². The fourth-order valence-corrected chi connectivity index (χ4v) is 4.60. The topological polar surface area (TPSA) is 26.3 Å². The van der Waals surface area contributed by atoms with E-state index in [0.29, 0.717) is 6.42 Å². The minimum Gasteiger partial charge on any atom is -0.457 e. The number of halogens is 1. The zero-order valence-corrected chi connectivity index (χ0v) is 17.2. The van der Waals surface area contributed by atoms with Gasteiger partial charge in [0.25, 0.3) is 0 Å². The molecule has 1 aliphatic rings. The van der Waals surface area contributed by atoms with Gasteiger partial charge in [-0.3, -0.25) is 4.79 Å². The summed E-state index contributed by atoms with van der Waals surface area (Å²) in [5.74, 6) is 0.609. The third kappa shape index (κ3) is 4.11. The average Bonchev–Trinajstić information content (AvgIpc) is 3.03. The number of ether oxygens (including phenoxy) is 1. The maximum Gasteiger partial charge on any atom is 0.313 e. The van der Waals surface area contributed by atoms with Crippen LogP contribution in [0.2, 0.25) is 5.02 Å². The van der Waals surface area contributed by atoms with Crippen molar-refractivity contribution in [1.29, 1.82) is 0 Å². The van der Waals surface area contributed by atoms with Gasteiger partial charge >= 0.3 is 5.97 Å². The largest absolute Gasteiger partial charge is 0.457 e. The number of hydrogen-bond acceptors (Lipinski definition) is 3. The van der Waals surface area contributed by atoms with E-state index in [-0.39, 0.29) is 12.1 Å². The van der Waals surface area contributed by atoms with Crippen LogP contribution in [-0.2, 0) is 9.53 Å². The van der Waals surface area contributed by atoms with E-state index in [9.17, 15) is 4.79 Å². The summed E-state index contributed by atoms with van der Waals surface area (Å²) in [5.41, 5.74) is 2.80. The van der Waals surface area contributed by atoms with Gasteiger partial charge in [0.15, 0.2) is 0 Å². The van der Waals surface area contributed by atoms with Crippen LogP contribution in [0.25, 0.3) is 11.1 Å². The first-order valence-electron chi connectivity index (χ1n) is 9.28. The van der Waals surface area contributed by atoms with Gasteiger partial charge in [-0.15, -0.1) is 11.8 Å². The predicted octanol–water partition coefficient (Wildman–Crippen LogP) is 6.79. The first-order valence-corrected chi connectivity index (χ1v) is 10.6. The molecule has 3 aromatic rings. The summed E-state index contributed by atoms with van der Waals surface area (Å²) in [5, 5.41) is 0.728. The van der Waals surface area contributed by atoms with E-state index >= 15 is 0 Å². The lowest BCUT2D eigenvalue weighted by Crippen LogP contribution is -2.25. The lowest BCUT2D eigenvalue weighted by atomic mass is 9.87. The van der Waals surface area contributed by atoms with Crippen LogP contribution in [0.1, 0.15) is 25.0 Å². The fourth-order valence-electron chi connectivity index (χ4n) is 3.40. The van der Waals surface area contributed by atoms with Crippen molar-refractivity contribution < 1.29 is 9.53 Å². The molecule has 1 aliphatic heterocycles. The molecule has 1 fully saturated rings. The molecule has 1 heterocycles. The number of hydrogen-bond donors (Lipinski definition) is 0. The lowest BCUT2D eigenvalue weighted by Gasteiger charge is -2.18. The van der Waals surface area contributed by atoms with Crippen LogP contribution in [0.4, 0.5) is 0 Å². The molecule has 0 radical (unpaired) electrons. The summed E-state index contributed by atoms with van der Waals surface area (Å²) in [6.07, 6.45) is 0.513. The maximum absolute atomic E-state index is 12.6. The monoisotopic (exact) mass is 408 g/mol. The molecule has 1 unspecified atom stereocenters. The Balaban J connectivity index is 1.45. The second-order valence-corrected chi connectivity index (χ2v) is 8.87. The Hall–Kier alpha value is -2.23. The van der Waals surface area contributed by atoms with Gasteiger partial charge < -0.3 is 4.74 Å². The molecule has 0 aromatic heterocycles. The highest BCUT2D eigenvalue weighted by Gasteiger charge is 2.45. The predicted molar refractivity (Wildman–Crippen MR) is 116 cm³/mol. The van der Waals surface area contributed by atoms with Gasteiger partial charge in [0, 0.05) is 22.1 Å². The Morgan fingerprint density at radius 3 is 2.21 bits per heavy atom. The van der Waals surface area contributed by atoms with E-state index in [4.69, 9.17) is 16.3 Å². The second-order valence-electron chi connectivity index (χ2n) is 7.39. The van der Waals surface area contributed by atoms with Crippen LogP contribution in [0, 0.1) is 5.41 Å². The van der Waals surface area contributed by atoms with Crippen molar-refractivity contribution in [3.63, 3.8) is 0 Å². The molecule has 0 amide bonds. The second kappa shape index (κ2) is 8.02. The minimum absolute atomic E-state index is 0.109. The van der Waals surface area contributed by atoms with E-state index in [1.807, 2.05) is 49.4 Å². The normalized spacial score (nSPS) is 21.5. The molecule has 4 rings (SSSR count). The van der Waals surface area contributed by atoms with Crippen LogP contribution in [0.3, 0.4) is 0 Å². The molecule has 3 aromatic carbocycles.